The Bertz CT molecular complexity index is 1300. The highest BCUT2D eigenvalue weighted by molar-refractivity contribution is 7.89. The lowest BCUT2D eigenvalue weighted by Crippen LogP contribution is -2.36. The lowest BCUT2D eigenvalue weighted by atomic mass is 10.2. The molecule has 166 valence electrons. The molecule has 3 heterocycles. The fraction of sp³-hybridized carbons (Fsp3) is 0.0500. The van der Waals surface area contributed by atoms with Crippen LogP contribution in [0.15, 0.2) is 70.7 Å². The predicted octanol–water partition coefficient (Wildman–Crippen LogP) is 2.73. The second kappa shape index (κ2) is 9.08. The summed E-state index contributed by atoms with van der Waals surface area (Å²) >= 11 is 1.06. The van der Waals surface area contributed by atoms with Gasteiger partial charge in [-0.15, -0.1) is 11.3 Å². The van der Waals surface area contributed by atoms with E-state index in [0.29, 0.717) is 0 Å². The number of anilines is 1. The van der Waals surface area contributed by atoms with Gasteiger partial charge in [0.2, 0.25) is 0 Å². The number of carboxylic acids is 1. The third-order valence-electron chi connectivity index (χ3n) is 4.28. The van der Waals surface area contributed by atoms with Gasteiger partial charge in [-0.25, -0.2) is 18.2 Å². The summed E-state index contributed by atoms with van der Waals surface area (Å²) in [6.45, 7) is 0. The normalized spacial score (nSPS) is 14.1. The summed E-state index contributed by atoms with van der Waals surface area (Å²) < 4.78 is 25.5. The van der Waals surface area contributed by atoms with Crippen LogP contribution in [0.1, 0.15) is 15.2 Å². The number of phenols is 1. The molecule has 3 aromatic rings. The standard InChI is InChI=1S/C13H11N3O4S2.C7H6O3/c1-16-10(13(18)15-9-4-2-3-6-14-9)11(17)12-8(5-7-21-12)22(16,19)20;8-6-4-2-1-3-5(6)7(9)10/h2-7,17H,1H3,(H,14,15,18);1-4,8H,(H,9,10). The zero-order valence-electron chi connectivity index (χ0n) is 16.5. The van der Waals surface area contributed by atoms with Gasteiger partial charge in [0.05, 0.1) is 4.88 Å². The number of aliphatic hydroxyl groups excluding tert-OH is 1. The van der Waals surface area contributed by atoms with Gasteiger partial charge in [-0.05, 0) is 35.7 Å². The topological polar surface area (TPSA) is 157 Å². The number of pyridine rings is 1. The van der Waals surface area contributed by atoms with Gasteiger partial charge in [-0.1, -0.05) is 18.2 Å². The van der Waals surface area contributed by atoms with Gasteiger partial charge in [0, 0.05) is 13.2 Å². The molecule has 4 N–H and O–H groups in total. The number of sulfonamides is 1. The minimum Gasteiger partial charge on any atom is -0.507 e. The molecule has 0 unspecified atom stereocenters. The van der Waals surface area contributed by atoms with Crippen LogP contribution in [0.5, 0.6) is 5.75 Å². The first-order chi connectivity index (χ1) is 15.1. The maximum absolute atomic E-state index is 12.4. The molecule has 0 fully saturated rings. The van der Waals surface area contributed by atoms with Gasteiger partial charge in [0.25, 0.3) is 15.9 Å². The number of aromatic carboxylic acids is 1. The van der Waals surface area contributed by atoms with E-state index < -0.39 is 21.9 Å². The first-order valence-corrected chi connectivity index (χ1v) is 11.2. The largest absolute Gasteiger partial charge is 0.507 e. The second-order valence-corrected chi connectivity index (χ2v) is 9.13. The minimum absolute atomic E-state index is 0.00751. The Morgan fingerprint density at radius 3 is 2.34 bits per heavy atom. The number of carbonyl (C=O) groups is 2. The molecular formula is C20H17N3O7S2. The van der Waals surface area contributed by atoms with Crippen molar-refractivity contribution in [2.75, 3.05) is 12.4 Å². The van der Waals surface area contributed by atoms with Gasteiger partial charge in [0.1, 0.15) is 22.0 Å². The van der Waals surface area contributed by atoms with E-state index in [1.807, 2.05) is 0 Å². The van der Waals surface area contributed by atoms with Gasteiger partial charge in [0.15, 0.2) is 11.5 Å². The highest BCUT2D eigenvalue weighted by atomic mass is 32.2. The van der Waals surface area contributed by atoms with Gasteiger partial charge < -0.3 is 20.6 Å². The molecule has 32 heavy (non-hydrogen) atoms. The average molecular weight is 476 g/mol. The van der Waals surface area contributed by atoms with E-state index in [4.69, 9.17) is 10.2 Å². The van der Waals surface area contributed by atoms with Crippen molar-refractivity contribution >= 4 is 44.8 Å². The zero-order chi connectivity index (χ0) is 23.5. The lowest BCUT2D eigenvalue weighted by molar-refractivity contribution is -0.113. The van der Waals surface area contributed by atoms with E-state index in [9.17, 15) is 23.1 Å². The molecule has 0 radical (unpaired) electrons. The maximum atomic E-state index is 12.4. The summed E-state index contributed by atoms with van der Waals surface area (Å²) in [5.74, 6) is -2.17. The molecule has 0 spiro atoms. The number of rotatable bonds is 3. The van der Waals surface area contributed by atoms with Crippen LogP contribution in [0.2, 0.25) is 0 Å². The van der Waals surface area contributed by atoms with Crippen LogP contribution in [0.4, 0.5) is 5.82 Å². The molecule has 1 aliphatic rings. The number of para-hydroxylation sites is 1. The molecular weight excluding hydrogens is 458 g/mol. The molecule has 4 rings (SSSR count). The number of aromatic hydroxyl groups is 1. The Labute approximate surface area is 186 Å². The van der Waals surface area contributed by atoms with E-state index >= 15 is 0 Å². The van der Waals surface area contributed by atoms with E-state index in [-0.39, 0.29) is 38.4 Å². The van der Waals surface area contributed by atoms with E-state index in [2.05, 4.69) is 10.3 Å². The zero-order valence-corrected chi connectivity index (χ0v) is 18.1. The number of benzene rings is 1. The third-order valence-corrected chi connectivity index (χ3v) is 7.13. The van der Waals surface area contributed by atoms with Crippen molar-refractivity contribution in [2.45, 2.75) is 4.90 Å². The number of carboxylic acid groups (broad SMARTS) is 1. The number of amides is 1. The van der Waals surface area contributed by atoms with Crippen molar-refractivity contribution in [2.24, 2.45) is 0 Å². The Morgan fingerprint density at radius 1 is 1.06 bits per heavy atom. The summed E-state index contributed by atoms with van der Waals surface area (Å²) in [5.41, 5.74) is -0.400. The van der Waals surface area contributed by atoms with E-state index in [1.165, 1.54) is 31.4 Å². The van der Waals surface area contributed by atoms with Crippen molar-refractivity contribution in [1.29, 1.82) is 0 Å². The van der Waals surface area contributed by atoms with Crippen molar-refractivity contribution < 1.29 is 33.3 Å². The summed E-state index contributed by atoms with van der Waals surface area (Å²) in [6.07, 6.45) is 1.49. The Hall–Kier alpha value is -3.90. The Balaban J connectivity index is 0.000000243. The van der Waals surface area contributed by atoms with Crippen molar-refractivity contribution in [3.63, 3.8) is 0 Å². The van der Waals surface area contributed by atoms with Crippen LogP contribution in [0.3, 0.4) is 0 Å². The molecule has 10 nitrogen and oxygen atoms in total. The molecule has 12 heteroatoms. The SMILES string of the molecule is CN1C(C(=O)Nc2ccccn2)=C(O)c2sccc2S1(=O)=O.O=C(O)c1ccccc1O. The summed E-state index contributed by atoms with van der Waals surface area (Å²) in [4.78, 5) is 26.7. The molecule has 0 atom stereocenters. The lowest BCUT2D eigenvalue weighted by Gasteiger charge is -2.26. The molecule has 0 saturated heterocycles. The summed E-state index contributed by atoms with van der Waals surface area (Å²) in [6, 6.07) is 12.1. The predicted molar refractivity (Wildman–Crippen MR) is 117 cm³/mol. The summed E-state index contributed by atoms with van der Waals surface area (Å²) in [7, 11) is -2.63. The van der Waals surface area contributed by atoms with Crippen LogP contribution in [-0.4, -0.2) is 52.0 Å². The third kappa shape index (κ3) is 4.40. The number of carbonyl (C=O) groups excluding carboxylic acids is 1. The van der Waals surface area contributed by atoms with E-state index in [0.717, 1.165) is 15.6 Å². The van der Waals surface area contributed by atoms with Crippen LogP contribution in [-0.2, 0) is 14.8 Å². The van der Waals surface area contributed by atoms with Crippen LogP contribution < -0.4 is 5.32 Å². The first kappa shape index (κ1) is 22.8. The smallest absolute Gasteiger partial charge is 0.339 e. The fourth-order valence-electron chi connectivity index (χ4n) is 2.71. The number of hydrogen-bond acceptors (Lipinski definition) is 8. The average Bonchev–Trinajstić information content (AvgIpc) is 3.26. The first-order valence-electron chi connectivity index (χ1n) is 8.88. The molecule has 1 aliphatic heterocycles. The molecule has 1 aromatic carbocycles. The molecule has 1 amide bonds. The maximum Gasteiger partial charge on any atom is 0.339 e. The van der Waals surface area contributed by atoms with Gasteiger partial charge in [-0.2, -0.15) is 0 Å². The molecule has 0 aliphatic carbocycles. The molecule has 0 bridgehead atoms. The van der Waals surface area contributed by atoms with Crippen molar-refractivity contribution in [3.8, 4) is 5.75 Å². The summed E-state index contributed by atoms with van der Waals surface area (Å²) in [5, 5.41) is 31.6. The number of aromatic nitrogens is 1. The number of likely N-dealkylation sites (N-methyl/N-ethyl adjacent to an activating group) is 1. The number of nitrogens with one attached hydrogen (secondary N) is 1. The Morgan fingerprint density at radius 2 is 1.75 bits per heavy atom. The number of nitrogens with zero attached hydrogens (tertiary/aromatic N) is 2. The van der Waals surface area contributed by atoms with Crippen LogP contribution in [0.25, 0.3) is 5.76 Å². The van der Waals surface area contributed by atoms with Crippen LogP contribution in [0, 0.1) is 0 Å². The number of aliphatic hydroxyl groups is 1. The minimum atomic E-state index is -3.85. The van der Waals surface area contributed by atoms with Gasteiger partial charge in [-0.3, -0.25) is 9.10 Å². The quantitative estimate of drug-likeness (QED) is 0.450. The number of thiophene rings is 1. The van der Waals surface area contributed by atoms with Crippen molar-refractivity contribution in [3.05, 3.63) is 76.2 Å². The fourth-order valence-corrected chi connectivity index (χ4v) is 5.27. The Kier molecular flexibility index (Phi) is 6.46. The van der Waals surface area contributed by atoms with Crippen LogP contribution >= 0.6 is 11.3 Å². The van der Waals surface area contributed by atoms with Gasteiger partial charge >= 0.3 is 5.97 Å². The monoisotopic (exact) mass is 475 g/mol. The van der Waals surface area contributed by atoms with E-state index in [1.54, 1.807) is 35.7 Å². The number of fused-ring (bicyclic) bond motifs is 1. The highest BCUT2D eigenvalue weighted by Gasteiger charge is 2.38. The van der Waals surface area contributed by atoms with Crippen molar-refractivity contribution in [1.82, 2.24) is 9.29 Å². The molecule has 0 saturated carbocycles. The highest BCUT2D eigenvalue weighted by Crippen LogP contribution is 2.38. The number of hydrogen-bond donors (Lipinski definition) is 4. The second-order valence-electron chi connectivity index (χ2n) is 6.28. The molecule has 2 aromatic heterocycles.